The molecule has 0 spiro atoms. The Balaban J connectivity index is 1.53. The molecule has 2 heterocycles. The molecule has 4 aromatic rings. The SMILES string of the molecule is N#Cc1c(-c2ccccc2)cc(-c2ccccc2)nc1SC1CC(=O)N(c2ccc(S(N)(=O)=O)cc2)C1=O. The number of hydrogen-bond donors (Lipinski definition) is 1. The summed E-state index contributed by atoms with van der Waals surface area (Å²) in [5.74, 6) is -0.905. The van der Waals surface area contributed by atoms with Gasteiger partial charge >= 0.3 is 0 Å². The summed E-state index contributed by atoms with van der Waals surface area (Å²) in [6.07, 6.45) is -0.0940. The van der Waals surface area contributed by atoms with Crippen LogP contribution in [0.4, 0.5) is 5.69 Å². The van der Waals surface area contributed by atoms with E-state index in [0.717, 1.165) is 27.8 Å². The van der Waals surface area contributed by atoms with Crippen molar-refractivity contribution in [2.24, 2.45) is 5.14 Å². The maximum absolute atomic E-state index is 13.3. The predicted molar refractivity (Wildman–Crippen MR) is 144 cm³/mol. The molecule has 3 aromatic carbocycles. The van der Waals surface area contributed by atoms with Crippen LogP contribution in [0, 0.1) is 11.3 Å². The van der Waals surface area contributed by atoms with Gasteiger partial charge in [-0.15, -0.1) is 0 Å². The highest BCUT2D eigenvalue weighted by atomic mass is 32.2. The quantitative estimate of drug-likeness (QED) is 0.359. The first kappa shape index (κ1) is 25.4. The number of nitrogens with two attached hydrogens (primary N) is 1. The summed E-state index contributed by atoms with van der Waals surface area (Å²) in [7, 11) is -3.91. The van der Waals surface area contributed by atoms with Crippen molar-refractivity contribution in [2.75, 3.05) is 4.90 Å². The van der Waals surface area contributed by atoms with Gasteiger partial charge in [0.1, 0.15) is 11.1 Å². The average Bonchev–Trinajstić information content (AvgIpc) is 3.21. The van der Waals surface area contributed by atoms with Crippen molar-refractivity contribution in [3.8, 4) is 28.5 Å². The molecule has 8 nitrogen and oxygen atoms in total. The van der Waals surface area contributed by atoms with Gasteiger partial charge in [-0.2, -0.15) is 5.26 Å². The fraction of sp³-hybridized carbons (Fsp3) is 0.0714. The molecule has 1 aliphatic heterocycles. The van der Waals surface area contributed by atoms with Crippen molar-refractivity contribution in [3.63, 3.8) is 0 Å². The van der Waals surface area contributed by atoms with Crippen LogP contribution in [0.25, 0.3) is 22.4 Å². The number of carbonyl (C=O) groups is 2. The third-order valence-corrected chi connectivity index (χ3v) is 8.14. The van der Waals surface area contributed by atoms with Crippen molar-refractivity contribution in [1.82, 2.24) is 4.98 Å². The number of rotatable bonds is 6. The Labute approximate surface area is 223 Å². The standard InChI is InChI=1S/C28H20N4O4S2/c29-17-23-22(18-7-3-1-4-8-18)15-24(19-9-5-2-6-10-19)31-27(23)37-25-16-26(33)32(28(25)34)20-11-13-21(14-12-20)38(30,35)36/h1-15,25H,16H2,(H2,30,35,36). The van der Waals surface area contributed by atoms with E-state index >= 15 is 0 Å². The first-order chi connectivity index (χ1) is 18.3. The zero-order valence-corrected chi connectivity index (χ0v) is 21.4. The van der Waals surface area contributed by atoms with Gasteiger partial charge < -0.3 is 0 Å². The van der Waals surface area contributed by atoms with E-state index in [4.69, 9.17) is 10.1 Å². The number of thioether (sulfide) groups is 1. The number of amides is 2. The van der Waals surface area contributed by atoms with Gasteiger partial charge in [-0.1, -0.05) is 72.4 Å². The number of carbonyl (C=O) groups excluding carboxylic acids is 2. The van der Waals surface area contributed by atoms with Crippen molar-refractivity contribution in [1.29, 1.82) is 5.26 Å². The number of nitrogens with zero attached hydrogens (tertiary/aromatic N) is 3. The Kier molecular flexibility index (Phi) is 6.82. The molecule has 1 atom stereocenters. The van der Waals surface area contributed by atoms with Crippen LogP contribution in [0.5, 0.6) is 0 Å². The maximum Gasteiger partial charge on any atom is 0.247 e. The average molecular weight is 541 g/mol. The first-order valence-electron chi connectivity index (χ1n) is 11.5. The van der Waals surface area contributed by atoms with E-state index in [1.807, 2.05) is 66.7 Å². The minimum Gasteiger partial charge on any atom is -0.274 e. The van der Waals surface area contributed by atoms with E-state index < -0.39 is 27.1 Å². The van der Waals surface area contributed by atoms with Gasteiger partial charge in [-0.3, -0.25) is 9.59 Å². The van der Waals surface area contributed by atoms with Crippen LogP contribution < -0.4 is 10.0 Å². The number of nitriles is 1. The number of aromatic nitrogens is 1. The van der Waals surface area contributed by atoms with Gasteiger partial charge in [0.05, 0.1) is 27.1 Å². The Hall–Kier alpha value is -4.30. The van der Waals surface area contributed by atoms with Gasteiger partial charge in [-0.05, 0) is 35.9 Å². The molecule has 1 fully saturated rings. The summed E-state index contributed by atoms with van der Waals surface area (Å²) < 4.78 is 23.1. The van der Waals surface area contributed by atoms with E-state index in [9.17, 15) is 23.3 Å². The monoisotopic (exact) mass is 540 g/mol. The molecule has 5 rings (SSSR count). The molecule has 0 bridgehead atoms. The summed E-state index contributed by atoms with van der Waals surface area (Å²) >= 11 is 1.08. The molecular formula is C28H20N4O4S2. The zero-order chi connectivity index (χ0) is 26.9. The van der Waals surface area contributed by atoms with Crippen molar-refractivity contribution in [3.05, 3.63) is 96.6 Å². The zero-order valence-electron chi connectivity index (χ0n) is 19.8. The molecular weight excluding hydrogens is 520 g/mol. The van der Waals surface area contributed by atoms with Crippen LogP contribution >= 0.6 is 11.8 Å². The van der Waals surface area contributed by atoms with Crippen LogP contribution in [0.1, 0.15) is 12.0 Å². The minimum atomic E-state index is -3.91. The van der Waals surface area contributed by atoms with Gasteiger partial charge in [0.15, 0.2) is 0 Å². The number of pyridine rings is 1. The molecule has 0 saturated carbocycles. The van der Waals surface area contributed by atoms with Crippen LogP contribution in [0.3, 0.4) is 0 Å². The molecule has 188 valence electrons. The molecule has 1 saturated heterocycles. The predicted octanol–water partition coefficient (Wildman–Crippen LogP) is 4.36. The Morgan fingerprint density at radius 1 is 0.921 bits per heavy atom. The molecule has 1 unspecified atom stereocenters. The van der Waals surface area contributed by atoms with E-state index in [0.29, 0.717) is 21.8 Å². The van der Waals surface area contributed by atoms with Gasteiger partial charge in [0.25, 0.3) is 0 Å². The Bertz CT molecular complexity index is 1690. The highest BCUT2D eigenvalue weighted by molar-refractivity contribution is 8.00. The minimum absolute atomic E-state index is 0.0940. The second-order valence-corrected chi connectivity index (χ2v) is 11.2. The number of sulfonamides is 1. The largest absolute Gasteiger partial charge is 0.274 e. The molecule has 38 heavy (non-hydrogen) atoms. The molecule has 1 aromatic heterocycles. The fourth-order valence-electron chi connectivity index (χ4n) is 4.20. The van der Waals surface area contributed by atoms with Gasteiger partial charge in [0.2, 0.25) is 21.8 Å². The van der Waals surface area contributed by atoms with E-state index in [1.54, 1.807) is 0 Å². The summed E-state index contributed by atoms with van der Waals surface area (Å²) in [6, 6.07) is 28.3. The maximum atomic E-state index is 13.3. The smallest absolute Gasteiger partial charge is 0.247 e. The molecule has 2 N–H and O–H groups in total. The molecule has 0 radical (unpaired) electrons. The first-order valence-corrected chi connectivity index (χ1v) is 13.9. The van der Waals surface area contributed by atoms with Crippen LogP contribution in [-0.2, 0) is 19.6 Å². The summed E-state index contributed by atoms with van der Waals surface area (Å²) in [4.78, 5) is 31.8. The third-order valence-electron chi connectivity index (χ3n) is 6.03. The fourth-order valence-corrected chi connectivity index (χ4v) is 5.85. The highest BCUT2D eigenvalue weighted by Crippen LogP contribution is 2.39. The van der Waals surface area contributed by atoms with Gasteiger partial charge in [0, 0.05) is 17.5 Å². The summed E-state index contributed by atoms with van der Waals surface area (Å²) in [5, 5.41) is 14.8. The van der Waals surface area contributed by atoms with E-state index in [-0.39, 0.29) is 17.0 Å². The third kappa shape index (κ3) is 4.95. The number of anilines is 1. The summed E-state index contributed by atoms with van der Waals surface area (Å²) in [5.41, 5.74) is 3.55. The topological polar surface area (TPSA) is 134 Å². The lowest BCUT2D eigenvalue weighted by Crippen LogP contribution is -2.31. The van der Waals surface area contributed by atoms with Crippen LogP contribution in [0.15, 0.2) is 101 Å². The number of imide groups is 1. The molecule has 10 heteroatoms. The molecule has 0 aliphatic carbocycles. The second-order valence-electron chi connectivity index (χ2n) is 8.50. The number of benzene rings is 3. The second kappa shape index (κ2) is 10.2. The Morgan fingerprint density at radius 3 is 2.11 bits per heavy atom. The molecule has 2 amide bonds. The van der Waals surface area contributed by atoms with Crippen molar-refractivity contribution in [2.45, 2.75) is 21.6 Å². The molecule has 1 aliphatic rings. The van der Waals surface area contributed by atoms with Crippen LogP contribution in [-0.4, -0.2) is 30.5 Å². The van der Waals surface area contributed by atoms with E-state index in [1.165, 1.54) is 24.3 Å². The summed E-state index contributed by atoms with van der Waals surface area (Å²) in [6.45, 7) is 0. The Morgan fingerprint density at radius 2 is 1.53 bits per heavy atom. The number of hydrogen-bond acceptors (Lipinski definition) is 7. The van der Waals surface area contributed by atoms with Gasteiger partial charge in [-0.25, -0.2) is 23.4 Å². The van der Waals surface area contributed by atoms with Crippen molar-refractivity contribution < 1.29 is 18.0 Å². The lowest BCUT2D eigenvalue weighted by molar-refractivity contribution is -0.121. The van der Waals surface area contributed by atoms with Crippen LogP contribution in [0.2, 0.25) is 0 Å². The van der Waals surface area contributed by atoms with E-state index in [2.05, 4.69) is 6.07 Å². The highest BCUT2D eigenvalue weighted by Gasteiger charge is 2.41. The lowest BCUT2D eigenvalue weighted by Gasteiger charge is -2.16. The lowest BCUT2D eigenvalue weighted by atomic mass is 9.99. The van der Waals surface area contributed by atoms with Crippen molar-refractivity contribution >= 4 is 39.3 Å². The number of primary sulfonamides is 1. The normalized spacial score (nSPS) is 15.5.